The van der Waals surface area contributed by atoms with Gasteiger partial charge in [0.1, 0.15) is 12.4 Å². The molecular weight excluding hydrogens is 500 g/mol. The van der Waals surface area contributed by atoms with E-state index < -0.39 is 34.8 Å². The van der Waals surface area contributed by atoms with E-state index >= 15 is 0 Å². The highest BCUT2D eigenvalue weighted by Crippen LogP contribution is 2.48. The number of ether oxygens (including phenoxy) is 3. The molecule has 0 bridgehead atoms. The number of carbonyl (C=O) groups is 3. The highest BCUT2D eigenvalue weighted by molar-refractivity contribution is 8.00. The van der Waals surface area contributed by atoms with Gasteiger partial charge in [-0.1, -0.05) is 97.9 Å². The van der Waals surface area contributed by atoms with E-state index in [9.17, 15) is 14.4 Å². The van der Waals surface area contributed by atoms with Crippen LogP contribution in [0.2, 0.25) is 0 Å². The minimum Gasteiger partial charge on any atom is -0.462 e. The SMILES string of the molecule is COC(CSC(c1ccccc1)(c1ccccc1)c1ccccc1)C(=O)OC(C)C(=O)OCC(C)C(C)=O. The number of hydrogen-bond acceptors (Lipinski definition) is 7. The molecule has 0 N–H and O–H groups in total. The van der Waals surface area contributed by atoms with Crippen molar-refractivity contribution in [2.45, 2.75) is 37.7 Å². The van der Waals surface area contributed by atoms with Crippen LogP contribution >= 0.6 is 11.8 Å². The third-order valence-corrected chi connectivity index (χ3v) is 7.94. The summed E-state index contributed by atoms with van der Waals surface area (Å²) >= 11 is 1.56. The molecule has 0 aliphatic carbocycles. The Balaban J connectivity index is 1.84. The maximum Gasteiger partial charge on any atom is 0.347 e. The maximum atomic E-state index is 13.0. The van der Waals surface area contributed by atoms with Gasteiger partial charge in [0.25, 0.3) is 0 Å². The van der Waals surface area contributed by atoms with Crippen LogP contribution in [0.25, 0.3) is 0 Å². The average molecular weight is 535 g/mol. The predicted molar refractivity (Wildman–Crippen MR) is 149 cm³/mol. The number of methoxy groups -OCH3 is 1. The third kappa shape index (κ3) is 7.11. The molecule has 0 fully saturated rings. The first kappa shape index (κ1) is 29.1. The summed E-state index contributed by atoms with van der Waals surface area (Å²) in [6.07, 6.45) is -2.06. The minimum atomic E-state index is -1.13. The standard InChI is InChI=1S/C31H34O6S/c1-22(23(2)32)20-36-29(33)24(3)37-30(34)28(35-4)21-38-31(25-14-8-5-9-15-25,26-16-10-6-11-17-26)27-18-12-7-13-19-27/h5-19,22,24,28H,20-21H2,1-4H3. The van der Waals surface area contributed by atoms with Gasteiger partial charge in [-0.15, -0.1) is 11.8 Å². The van der Waals surface area contributed by atoms with Crippen molar-refractivity contribution in [1.82, 2.24) is 0 Å². The number of rotatable bonds is 13. The van der Waals surface area contributed by atoms with Crippen molar-refractivity contribution in [2.24, 2.45) is 5.92 Å². The molecule has 0 aliphatic rings. The minimum absolute atomic E-state index is 0.0621. The summed E-state index contributed by atoms with van der Waals surface area (Å²) in [6.45, 7) is 4.49. The van der Waals surface area contributed by atoms with Gasteiger partial charge in [-0.3, -0.25) is 4.79 Å². The van der Waals surface area contributed by atoms with Crippen molar-refractivity contribution in [3.63, 3.8) is 0 Å². The highest BCUT2D eigenvalue weighted by atomic mass is 32.2. The van der Waals surface area contributed by atoms with Crippen LogP contribution in [0.4, 0.5) is 0 Å². The number of Topliss-reactive ketones (excluding diaryl/α,β-unsaturated/α-hetero) is 1. The summed E-state index contributed by atoms with van der Waals surface area (Å²) in [5, 5.41) is 0. The van der Waals surface area contributed by atoms with E-state index in [1.807, 2.05) is 54.6 Å². The Labute approximate surface area is 228 Å². The molecule has 0 saturated carbocycles. The number of benzene rings is 3. The van der Waals surface area contributed by atoms with E-state index in [0.29, 0.717) is 0 Å². The molecule has 3 aromatic rings. The quantitative estimate of drug-likeness (QED) is 0.214. The van der Waals surface area contributed by atoms with E-state index in [0.717, 1.165) is 16.7 Å². The molecular formula is C31H34O6S. The highest BCUT2D eigenvalue weighted by Gasteiger charge is 2.39. The number of thioether (sulfide) groups is 1. The molecule has 0 spiro atoms. The van der Waals surface area contributed by atoms with Crippen LogP contribution in [0.1, 0.15) is 37.5 Å². The molecule has 3 unspecified atom stereocenters. The fourth-order valence-electron chi connectivity index (χ4n) is 3.94. The van der Waals surface area contributed by atoms with Gasteiger partial charge in [-0.25, -0.2) is 9.59 Å². The van der Waals surface area contributed by atoms with Crippen LogP contribution in [-0.4, -0.2) is 49.4 Å². The summed E-state index contributed by atoms with van der Waals surface area (Å²) in [4.78, 5) is 36.8. The van der Waals surface area contributed by atoms with Crippen molar-refractivity contribution in [2.75, 3.05) is 19.5 Å². The van der Waals surface area contributed by atoms with Gasteiger partial charge in [-0.05, 0) is 30.5 Å². The summed E-state index contributed by atoms with van der Waals surface area (Å²) < 4.78 is 15.5. The molecule has 0 heterocycles. The summed E-state index contributed by atoms with van der Waals surface area (Å²) in [6, 6.07) is 30.4. The largest absolute Gasteiger partial charge is 0.462 e. The van der Waals surface area contributed by atoms with E-state index in [1.54, 1.807) is 18.7 Å². The van der Waals surface area contributed by atoms with E-state index in [2.05, 4.69) is 36.4 Å². The Morgan fingerprint density at radius 3 is 1.61 bits per heavy atom. The normalized spacial score (nSPS) is 13.7. The molecule has 0 aliphatic heterocycles. The first-order valence-corrected chi connectivity index (χ1v) is 13.5. The van der Waals surface area contributed by atoms with Crippen LogP contribution in [0.15, 0.2) is 91.0 Å². The summed E-state index contributed by atoms with van der Waals surface area (Å²) in [7, 11) is 1.44. The Morgan fingerprint density at radius 1 is 0.763 bits per heavy atom. The lowest BCUT2D eigenvalue weighted by Crippen LogP contribution is -2.36. The van der Waals surface area contributed by atoms with Crippen molar-refractivity contribution in [3.05, 3.63) is 108 Å². The zero-order valence-corrected chi connectivity index (χ0v) is 23.0. The first-order chi connectivity index (χ1) is 18.3. The molecule has 0 radical (unpaired) electrons. The molecule has 3 rings (SSSR count). The second kappa shape index (κ2) is 13.9. The molecule has 7 heteroatoms. The van der Waals surface area contributed by atoms with Gasteiger partial charge >= 0.3 is 11.9 Å². The fourth-order valence-corrected chi connectivity index (χ4v) is 5.52. The Bertz CT molecular complexity index is 1090. The van der Waals surface area contributed by atoms with Crippen LogP contribution in [-0.2, 0) is 33.3 Å². The lowest BCUT2D eigenvalue weighted by Gasteiger charge is -2.36. The van der Waals surface area contributed by atoms with Gasteiger partial charge in [0.05, 0.1) is 4.75 Å². The topological polar surface area (TPSA) is 78.9 Å². The number of carbonyl (C=O) groups excluding carboxylic acids is 3. The maximum absolute atomic E-state index is 13.0. The molecule has 38 heavy (non-hydrogen) atoms. The Kier molecular flexibility index (Phi) is 10.7. The number of ketones is 1. The van der Waals surface area contributed by atoms with E-state index in [4.69, 9.17) is 14.2 Å². The van der Waals surface area contributed by atoms with Gasteiger partial charge in [0.15, 0.2) is 12.2 Å². The predicted octanol–water partition coefficient (Wildman–Crippen LogP) is 5.43. The molecule has 0 amide bonds. The Hall–Kier alpha value is -3.42. The van der Waals surface area contributed by atoms with Crippen LogP contribution in [0, 0.1) is 5.92 Å². The second-order valence-electron chi connectivity index (χ2n) is 9.04. The van der Waals surface area contributed by atoms with Gasteiger partial charge in [0.2, 0.25) is 0 Å². The zero-order valence-electron chi connectivity index (χ0n) is 22.2. The molecule has 3 atom stereocenters. The lowest BCUT2D eigenvalue weighted by molar-refractivity contribution is -0.172. The molecule has 0 saturated heterocycles. The number of hydrogen-bond donors (Lipinski definition) is 0. The van der Waals surface area contributed by atoms with Gasteiger partial charge in [-0.2, -0.15) is 0 Å². The average Bonchev–Trinajstić information content (AvgIpc) is 2.95. The number of esters is 2. The van der Waals surface area contributed by atoms with Crippen molar-refractivity contribution in [1.29, 1.82) is 0 Å². The summed E-state index contributed by atoms with van der Waals surface area (Å²) in [5.74, 6) is -1.62. The summed E-state index contributed by atoms with van der Waals surface area (Å²) in [5.41, 5.74) is 3.17. The molecule has 6 nitrogen and oxygen atoms in total. The first-order valence-electron chi connectivity index (χ1n) is 12.5. The Morgan fingerprint density at radius 2 is 1.21 bits per heavy atom. The fraction of sp³-hybridized carbons (Fsp3) is 0.323. The van der Waals surface area contributed by atoms with Gasteiger partial charge in [0, 0.05) is 18.8 Å². The van der Waals surface area contributed by atoms with E-state index in [-0.39, 0.29) is 18.1 Å². The van der Waals surface area contributed by atoms with Crippen molar-refractivity contribution >= 4 is 29.5 Å². The van der Waals surface area contributed by atoms with Crippen molar-refractivity contribution < 1.29 is 28.6 Å². The van der Waals surface area contributed by atoms with E-state index in [1.165, 1.54) is 21.0 Å². The lowest BCUT2D eigenvalue weighted by atomic mass is 9.84. The second-order valence-corrected chi connectivity index (χ2v) is 10.3. The van der Waals surface area contributed by atoms with Crippen molar-refractivity contribution in [3.8, 4) is 0 Å². The van der Waals surface area contributed by atoms with Crippen LogP contribution in [0.3, 0.4) is 0 Å². The van der Waals surface area contributed by atoms with Gasteiger partial charge < -0.3 is 14.2 Å². The van der Waals surface area contributed by atoms with Crippen LogP contribution < -0.4 is 0 Å². The third-order valence-electron chi connectivity index (χ3n) is 6.33. The smallest absolute Gasteiger partial charge is 0.347 e. The molecule has 200 valence electrons. The molecule has 3 aromatic carbocycles. The molecule has 0 aromatic heterocycles. The van der Waals surface area contributed by atoms with Crippen LogP contribution in [0.5, 0.6) is 0 Å². The monoisotopic (exact) mass is 534 g/mol. The zero-order chi connectivity index (χ0) is 27.5.